The first kappa shape index (κ1) is 16.8. The minimum Gasteiger partial charge on any atom is -0.497 e. The molecule has 3 rings (SSSR count). The molecule has 0 amide bonds. The van der Waals surface area contributed by atoms with Gasteiger partial charge in [0.05, 0.1) is 23.8 Å². The number of aromatic amines is 1. The summed E-state index contributed by atoms with van der Waals surface area (Å²) >= 11 is 0. The van der Waals surface area contributed by atoms with Crippen LogP contribution in [0.15, 0.2) is 29.6 Å². The molecule has 2 N–H and O–H groups in total. The Kier molecular flexibility index (Phi) is 4.27. The summed E-state index contributed by atoms with van der Waals surface area (Å²) in [5.74, 6) is 0.983. The molecule has 0 fully saturated rings. The Labute approximate surface area is 143 Å². The van der Waals surface area contributed by atoms with Crippen molar-refractivity contribution < 1.29 is 9.29 Å². The van der Waals surface area contributed by atoms with Crippen LogP contribution in [0.4, 0.5) is 0 Å². The van der Waals surface area contributed by atoms with Crippen molar-refractivity contribution in [1.82, 2.24) is 15.0 Å². The third-order valence-corrected chi connectivity index (χ3v) is 5.94. The number of pyridine rings is 1. The van der Waals surface area contributed by atoms with E-state index in [0.717, 1.165) is 33.6 Å². The monoisotopic (exact) mass is 343 g/mol. The molecule has 2 heterocycles. The summed E-state index contributed by atoms with van der Waals surface area (Å²) < 4.78 is 16.1. The number of imidazole rings is 1. The minimum atomic E-state index is -2.62. The highest BCUT2D eigenvalue weighted by molar-refractivity contribution is 8.29. The molecule has 0 saturated carbocycles. The average molecular weight is 343 g/mol. The van der Waals surface area contributed by atoms with Crippen molar-refractivity contribution in [3.63, 3.8) is 0 Å². The van der Waals surface area contributed by atoms with Crippen LogP contribution in [0, 0.1) is 27.0 Å². The zero-order valence-electron chi connectivity index (χ0n) is 14.3. The molecule has 5 nitrogen and oxygen atoms in total. The smallest absolute Gasteiger partial charge is 0.172 e. The zero-order valence-corrected chi connectivity index (χ0v) is 15.1. The van der Waals surface area contributed by atoms with E-state index in [1.54, 1.807) is 7.11 Å². The molecule has 2 radical (unpaired) electrons. The van der Waals surface area contributed by atoms with Gasteiger partial charge in [0.2, 0.25) is 0 Å². The molecular formula is C18H21N3O2S. The van der Waals surface area contributed by atoms with Gasteiger partial charge in [0, 0.05) is 24.3 Å². The predicted octanol–water partition coefficient (Wildman–Crippen LogP) is 4.40. The first-order valence-electron chi connectivity index (χ1n) is 7.58. The Morgan fingerprint density at radius 2 is 2.00 bits per heavy atom. The Bertz CT molecular complexity index is 903. The van der Waals surface area contributed by atoms with Crippen molar-refractivity contribution >= 4 is 21.3 Å². The van der Waals surface area contributed by atoms with Crippen LogP contribution in [0.5, 0.6) is 5.75 Å². The quantitative estimate of drug-likeness (QED) is 0.737. The van der Waals surface area contributed by atoms with Crippen molar-refractivity contribution in [2.24, 2.45) is 0 Å². The highest BCUT2D eigenvalue weighted by atomic mass is 32.3. The summed E-state index contributed by atoms with van der Waals surface area (Å²) in [6, 6.07) is 5.50. The molecular weight excluding hydrogens is 322 g/mol. The van der Waals surface area contributed by atoms with Gasteiger partial charge in [-0.15, -0.1) is 0 Å². The summed E-state index contributed by atoms with van der Waals surface area (Å²) in [5, 5.41) is 0.394. The van der Waals surface area contributed by atoms with Crippen LogP contribution in [-0.4, -0.2) is 26.6 Å². The zero-order chi connectivity index (χ0) is 17.5. The third kappa shape index (κ3) is 2.99. The number of fused-ring (bicyclic) bond motifs is 1. The van der Waals surface area contributed by atoms with E-state index in [1.165, 1.54) is 5.56 Å². The molecule has 6 heteroatoms. The summed E-state index contributed by atoms with van der Waals surface area (Å²) in [4.78, 5) is 12.0. The molecule has 126 valence electrons. The summed E-state index contributed by atoms with van der Waals surface area (Å²) in [7, 11) is -1.01. The van der Waals surface area contributed by atoms with Crippen LogP contribution in [0.1, 0.15) is 22.4 Å². The van der Waals surface area contributed by atoms with Gasteiger partial charge in [-0.2, -0.15) is 0 Å². The van der Waals surface area contributed by atoms with Gasteiger partial charge in [-0.3, -0.25) is 4.98 Å². The van der Waals surface area contributed by atoms with E-state index < -0.39 is 10.3 Å². The van der Waals surface area contributed by atoms with Crippen molar-refractivity contribution in [2.75, 3.05) is 7.11 Å². The molecule has 1 unspecified atom stereocenters. The second kappa shape index (κ2) is 6.11. The molecule has 1 aromatic carbocycles. The van der Waals surface area contributed by atoms with Gasteiger partial charge < -0.3 is 14.3 Å². The van der Waals surface area contributed by atoms with E-state index in [4.69, 9.17) is 11.0 Å². The second-order valence-corrected chi connectivity index (χ2v) is 8.15. The van der Waals surface area contributed by atoms with Crippen LogP contribution >= 0.6 is 10.3 Å². The lowest BCUT2D eigenvalue weighted by Crippen LogP contribution is -2.06. The fourth-order valence-corrected chi connectivity index (χ4v) is 3.95. The molecule has 2 aromatic heterocycles. The third-order valence-electron chi connectivity index (χ3n) is 4.36. The normalized spacial score (nSPS) is 15.2. The maximum absolute atomic E-state index is 10.8. The lowest BCUT2D eigenvalue weighted by Gasteiger charge is -2.26. The molecule has 0 spiro atoms. The number of nitrogens with one attached hydrogen (secondary N) is 1. The molecule has 0 aliphatic carbocycles. The van der Waals surface area contributed by atoms with Gasteiger partial charge in [-0.1, -0.05) is 10.3 Å². The van der Waals surface area contributed by atoms with Crippen molar-refractivity contribution in [2.45, 2.75) is 31.7 Å². The Hall–Kier alpha value is -2.05. The number of aromatic nitrogens is 3. The first-order valence-corrected chi connectivity index (χ1v) is 9.40. The van der Waals surface area contributed by atoms with E-state index in [-0.39, 0.29) is 5.75 Å². The summed E-state index contributed by atoms with van der Waals surface area (Å²) in [6.07, 6.45) is 8.05. The molecule has 0 aliphatic heterocycles. The standard InChI is InChI=1S/C18H21N3O2S/c1-11-9-19-17(13(3)12(11)2)10-24(5,22)18-20-15-7-6-14(23-4)8-16(15)21-18/h5-9,22H,10H2,1-4H3,(H,20,21). The first-order chi connectivity index (χ1) is 11.3. The number of H-pyrrole nitrogens is 1. The predicted molar refractivity (Wildman–Crippen MR) is 97.6 cm³/mol. The van der Waals surface area contributed by atoms with E-state index in [0.29, 0.717) is 5.16 Å². The minimum absolute atomic E-state index is 0.261. The number of benzene rings is 1. The molecule has 24 heavy (non-hydrogen) atoms. The van der Waals surface area contributed by atoms with Gasteiger partial charge >= 0.3 is 0 Å². The largest absolute Gasteiger partial charge is 0.497 e. The number of methoxy groups -OCH3 is 1. The number of hydrogen-bond acceptors (Lipinski definition) is 4. The van der Waals surface area contributed by atoms with Crippen molar-refractivity contribution in [3.05, 3.63) is 53.0 Å². The van der Waals surface area contributed by atoms with Crippen molar-refractivity contribution in [1.29, 1.82) is 0 Å². The topological polar surface area (TPSA) is 71.0 Å². The van der Waals surface area contributed by atoms with Gasteiger partial charge in [-0.05, 0) is 49.6 Å². The molecule has 0 saturated heterocycles. The fourth-order valence-electron chi connectivity index (χ4n) is 2.56. The molecule has 0 bridgehead atoms. The number of nitrogens with zero attached hydrogens (tertiary/aromatic N) is 2. The lowest BCUT2D eigenvalue weighted by atomic mass is 10.1. The lowest BCUT2D eigenvalue weighted by molar-refractivity contribution is 0.415. The second-order valence-electron chi connectivity index (χ2n) is 5.96. The summed E-state index contributed by atoms with van der Waals surface area (Å²) in [6.45, 7) is 6.07. The van der Waals surface area contributed by atoms with Crippen molar-refractivity contribution in [3.8, 4) is 5.75 Å². The van der Waals surface area contributed by atoms with Crippen LogP contribution in [0.25, 0.3) is 11.0 Å². The number of ether oxygens (including phenoxy) is 1. The molecule has 1 atom stereocenters. The maximum Gasteiger partial charge on any atom is 0.172 e. The average Bonchev–Trinajstić information content (AvgIpc) is 2.99. The Balaban J connectivity index is 1.97. The maximum atomic E-state index is 10.8. The van der Waals surface area contributed by atoms with Gasteiger partial charge in [0.25, 0.3) is 0 Å². The highest BCUT2D eigenvalue weighted by Crippen LogP contribution is 2.52. The van der Waals surface area contributed by atoms with Crippen LogP contribution < -0.4 is 4.74 Å². The molecule has 3 aromatic rings. The SMILES string of the molecule is [CH]S(O)(Cc1ncc(C)c(C)c1C)c1nc2ccc(OC)cc2[nH]1. The van der Waals surface area contributed by atoms with Crippen LogP contribution in [0.2, 0.25) is 0 Å². The van der Waals surface area contributed by atoms with Crippen LogP contribution in [-0.2, 0) is 5.75 Å². The molecule has 0 aliphatic rings. The van der Waals surface area contributed by atoms with Gasteiger partial charge in [0.1, 0.15) is 5.75 Å². The highest BCUT2D eigenvalue weighted by Gasteiger charge is 2.25. The van der Waals surface area contributed by atoms with E-state index in [9.17, 15) is 4.55 Å². The Morgan fingerprint density at radius 1 is 1.25 bits per heavy atom. The van der Waals surface area contributed by atoms with E-state index >= 15 is 0 Å². The van der Waals surface area contributed by atoms with E-state index in [1.807, 2.05) is 45.2 Å². The van der Waals surface area contributed by atoms with Crippen LogP contribution in [0.3, 0.4) is 0 Å². The fraction of sp³-hybridized carbons (Fsp3) is 0.278. The van der Waals surface area contributed by atoms with E-state index in [2.05, 4.69) is 15.0 Å². The number of hydrogen-bond donors (Lipinski definition) is 2. The summed E-state index contributed by atoms with van der Waals surface area (Å²) in [5.41, 5.74) is 5.69. The van der Waals surface area contributed by atoms with Gasteiger partial charge in [0.15, 0.2) is 5.16 Å². The Morgan fingerprint density at radius 3 is 2.71 bits per heavy atom. The number of rotatable bonds is 4. The van der Waals surface area contributed by atoms with Gasteiger partial charge in [-0.25, -0.2) is 4.98 Å². The number of aryl methyl sites for hydroxylation is 1.